The highest BCUT2D eigenvalue weighted by Crippen LogP contribution is 2.19. The molecule has 24 heavy (non-hydrogen) atoms. The van der Waals surface area contributed by atoms with Crippen LogP contribution in [0.2, 0.25) is 0 Å². The van der Waals surface area contributed by atoms with Gasteiger partial charge in [-0.2, -0.15) is 0 Å². The van der Waals surface area contributed by atoms with Crippen LogP contribution in [0.1, 0.15) is 5.56 Å². The first kappa shape index (κ1) is 16.9. The molecule has 1 fully saturated rings. The SMILES string of the molecule is O=S(=O)(Nc1ccc(CN2CCNCC2)cc1)c1ccccc1F. The highest BCUT2D eigenvalue weighted by atomic mass is 32.2. The van der Waals surface area contributed by atoms with Crippen molar-refractivity contribution in [1.29, 1.82) is 0 Å². The lowest BCUT2D eigenvalue weighted by atomic mass is 10.2. The van der Waals surface area contributed by atoms with Crippen molar-refractivity contribution in [2.75, 3.05) is 30.9 Å². The van der Waals surface area contributed by atoms with Crippen LogP contribution in [0.25, 0.3) is 0 Å². The van der Waals surface area contributed by atoms with Crippen LogP contribution in [0.15, 0.2) is 53.4 Å². The molecule has 2 aromatic carbocycles. The first-order valence-electron chi connectivity index (χ1n) is 7.84. The summed E-state index contributed by atoms with van der Waals surface area (Å²) in [4.78, 5) is 1.99. The number of rotatable bonds is 5. The van der Waals surface area contributed by atoms with E-state index in [9.17, 15) is 12.8 Å². The van der Waals surface area contributed by atoms with Crippen LogP contribution in [0.5, 0.6) is 0 Å². The van der Waals surface area contributed by atoms with Gasteiger partial charge in [0.1, 0.15) is 10.7 Å². The molecule has 0 atom stereocenters. The molecular formula is C17H20FN3O2S. The third kappa shape index (κ3) is 4.11. The monoisotopic (exact) mass is 349 g/mol. The average molecular weight is 349 g/mol. The summed E-state index contributed by atoms with van der Waals surface area (Å²) in [5, 5.41) is 3.31. The van der Waals surface area contributed by atoms with Crippen LogP contribution < -0.4 is 10.0 Å². The van der Waals surface area contributed by atoms with Gasteiger partial charge in [0.15, 0.2) is 0 Å². The van der Waals surface area contributed by atoms with E-state index >= 15 is 0 Å². The fourth-order valence-corrected chi connectivity index (χ4v) is 3.82. The molecule has 1 saturated heterocycles. The van der Waals surface area contributed by atoms with E-state index in [-0.39, 0.29) is 4.90 Å². The molecule has 1 aliphatic rings. The van der Waals surface area contributed by atoms with Crippen molar-refractivity contribution in [3.63, 3.8) is 0 Å². The molecule has 7 heteroatoms. The summed E-state index contributed by atoms with van der Waals surface area (Å²) in [5.74, 6) is -0.764. The third-order valence-electron chi connectivity index (χ3n) is 3.95. The third-order valence-corrected chi connectivity index (χ3v) is 5.36. The van der Waals surface area contributed by atoms with Crippen molar-refractivity contribution in [3.8, 4) is 0 Å². The Morgan fingerprint density at radius 3 is 2.38 bits per heavy atom. The molecule has 2 N–H and O–H groups in total. The molecular weight excluding hydrogens is 329 g/mol. The van der Waals surface area contributed by atoms with Gasteiger partial charge in [0.2, 0.25) is 0 Å². The summed E-state index contributed by atoms with van der Waals surface area (Å²) < 4.78 is 40.6. The number of anilines is 1. The quantitative estimate of drug-likeness (QED) is 0.867. The molecule has 1 heterocycles. The van der Waals surface area contributed by atoms with Gasteiger partial charge < -0.3 is 5.32 Å². The number of hydrogen-bond acceptors (Lipinski definition) is 4. The summed E-state index contributed by atoms with van der Waals surface area (Å²) in [7, 11) is -3.93. The van der Waals surface area contributed by atoms with E-state index < -0.39 is 15.8 Å². The van der Waals surface area contributed by atoms with Gasteiger partial charge in [-0.15, -0.1) is 0 Å². The topological polar surface area (TPSA) is 61.4 Å². The van der Waals surface area contributed by atoms with Gasteiger partial charge >= 0.3 is 0 Å². The first-order valence-corrected chi connectivity index (χ1v) is 9.32. The number of nitrogens with one attached hydrogen (secondary N) is 2. The van der Waals surface area contributed by atoms with Gasteiger partial charge in [0.05, 0.1) is 0 Å². The fraction of sp³-hybridized carbons (Fsp3) is 0.294. The lowest BCUT2D eigenvalue weighted by Crippen LogP contribution is -2.42. The second-order valence-corrected chi connectivity index (χ2v) is 7.41. The van der Waals surface area contributed by atoms with E-state index in [1.807, 2.05) is 12.1 Å². The highest BCUT2D eigenvalue weighted by molar-refractivity contribution is 7.92. The Labute approximate surface area is 141 Å². The lowest BCUT2D eigenvalue weighted by Gasteiger charge is -2.27. The minimum atomic E-state index is -3.93. The molecule has 0 unspecified atom stereocenters. The largest absolute Gasteiger partial charge is 0.314 e. The predicted molar refractivity (Wildman–Crippen MR) is 91.8 cm³/mol. The van der Waals surface area contributed by atoms with Crippen molar-refractivity contribution >= 4 is 15.7 Å². The van der Waals surface area contributed by atoms with Gasteiger partial charge in [0.25, 0.3) is 10.0 Å². The van der Waals surface area contributed by atoms with Gasteiger partial charge in [-0.25, -0.2) is 12.8 Å². The van der Waals surface area contributed by atoms with Crippen LogP contribution >= 0.6 is 0 Å². The standard InChI is InChI=1S/C17H20FN3O2S/c18-16-3-1-2-4-17(16)24(22,23)20-15-7-5-14(6-8-15)13-21-11-9-19-10-12-21/h1-8,19-20H,9-13H2. The van der Waals surface area contributed by atoms with Crippen molar-refractivity contribution in [1.82, 2.24) is 10.2 Å². The molecule has 3 rings (SSSR count). The zero-order valence-electron chi connectivity index (χ0n) is 13.2. The Balaban J connectivity index is 1.68. The molecule has 0 aliphatic carbocycles. The minimum absolute atomic E-state index is 0.352. The Kier molecular flexibility index (Phi) is 5.13. The highest BCUT2D eigenvalue weighted by Gasteiger charge is 2.18. The number of nitrogens with zero attached hydrogens (tertiary/aromatic N) is 1. The second-order valence-electron chi connectivity index (χ2n) is 5.76. The van der Waals surface area contributed by atoms with Crippen LogP contribution in [0.4, 0.5) is 10.1 Å². The summed E-state index contributed by atoms with van der Waals surface area (Å²) in [5.41, 5.74) is 1.54. The van der Waals surface area contributed by atoms with Crippen molar-refractivity contribution in [3.05, 3.63) is 59.9 Å². The summed E-state index contributed by atoms with van der Waals surface area (Å²) in [6, 6.07) is 12.5. The molecule has 0 radical (unpaired) electrons. The van der Waals surface area contributed by atoms with E-state index in [2.05, 4.69) is 14.9 Å². The number of halogens is 1. The van der Waals surface area contributed by atoms with Crippen LogP contribution in [-0.4, -0.2) is 39.5 Å². The number of piperazine rings is 1. The average Bonchev–Trinajstić information content (AvgIpc) is 2.58. The molecule has 0 spiro atoms. The second kappa shape index (κ2) is 7.29. The van der Waals surface area contributed by atoms with Gasteiger partial charge in [0, 0.05) is 38.4 Å². The van der Waals surface area contributed by atoms with E-state index in [1.54, 1.807) is 12.1 Å². The zero-order valence-corrected chi connectivity index (χ0v) is 14.0. The molecule has 0 bridgehead atoms. The lowest BCUT2D eigenvalue weighted by molar-refractivity contribution is 0.233. The van der Waals surface area contributed by atoms with E-state index in [4.69, 9.17) is 0 Å². The predicted octanol–water partition coefficient (Wildman–Crippen LogP) is 2.03. The van der Waals surface area contributed by atoms with Crippen LogP contribution in [0, 0.1) is 5.82 Å². The summed E-state index contributed by atoms with van der Waals surface area (Å²) in [6.07, 6.45) is 0. The Morgan fingerprint density at radius 1 is 1.04 bits per heavy atom. The number of benzene rings is 2. The molecule has 0 amide bonds. The maximum atomic E-state index is 13.7. The summed E-state index contributed by atoms with van der Waals surface area (Å²) >= 11 is 0. The Hall–Kier alpha value is -1.96. The maximum absolute atomic E-state index is 13.7. The van der Waals surface area contributed by atoms with Crippen LogP contribution in [-0.2, 0) is 16.6 Å². The molecule has 2 aromatic rings. The van der Waals surface area contributed by atoms with Crippen LogP contribution in [0.3, 0.4) is 0 Å². The molecule has 5 nitrogen and oxygen atoms in total. The minimum Gasteiger partial charge on any atom is -0.314 e. The van der Waals surface area contributed by atoms with Gasteiger partial charge in [-0.3, -0.25) is 9.62 Å². The molecule has 128 valence electrons. The van der Waals surface area contributed by atoms with E-state index in [1.165, 1.54) is 18.2 Å². The Bertz CT molecular complexity index is 788. The van der Waals surface area contributed by atoms with Gasteiger partial charge in [-0.1, -0.05) is 24.3 Å². The first-order chi connectivity index (χ1) is 11.5. The Morgan fingerprint density at radius 2 is 1.71 bits per heavy atom. The molecule has 0 aromatic heterocycles. The van der Waals surface area contributed by atoms with Crippen molar-refractivity contribution < 1.29 is 12.8 Å². The van der Waals surface area contributed by atoms with Crippen molar-refractivity contribution in [2.45, 2.75) is 11.4 Å². The molecule has 0 saturated carbocycles. The normalized spacial score (nSPS) is 16.0. The summed E-state index contributed by atoms with van der Waals surface area (Å²) in [6.45, 7) is 4.81. The number of sulfonamides is 1. The molecule has 1 aliphatic heterocycles. The number of hydrogen-bond donors (Lipinski definition) is 2. The maximum Gasteiger partial charge on any atom is 0.264 e. The fourth-order valence-electron chi connectivity index (χ4n) is 2.68. The van der Waals surface area contributed by atoms with E-state index in [0.717, 1.165) is 44.4 Å². The zero-order chi connectivity index (χ0) is 17.0. The smallest absolute Gasteiger partial charge is 0.264 e. The van der Waals surface area contributed by atoms with E-state index in [0.29, 0.717) is 5.69 Å². The van der Waals surface area contributed by atoms with Gasteiger partial charge in [-0.05, 0) is 29.8 Å². The van der Waals surface area contributed by atoms with Crippen molar-refractivity contribution in [2.24, 2.45) is 0 Å².